The summed E-state index contributed by atoms with van der Waals surface area (Å²) >= 11 is 0. The molecule has 1 aliphatic rings. The molecule has 3 unspecified atom stereocenters. The van der Waals surface area contributed by atoms with E-state index < -0.39 is 41.5 Å². The standard InChI is InChI=1S/C26H24F3N3O3/c1-14(30-13-22(33)15-11-19(27)23(29)20(28)12-15)25(34)31-24-18-9-4-3-7-16(18)17-8-5-6-10-21(17)32(2)26(24)35/h3-12,14,22,24,30,33H,13H2,1-2H3,(H,31,34). The fraction of sp³-hybridized carbons (Fsp3) is 0.231. The van der Waals surface area contributed by atoms with Crippen molar-refractivity contribution in [2.75, 3.05) is 18.5 Å². The van der Waals surface area contributed by atoms with Crippen LogP contribution in [-0.4, -0.2) is 36.6 Å². The van der Waals surface area contributed by atoms with Crippen LogP contribution < -0.4 is 15.5 Å². The number of aliphatic hydroxyl groups excluding tert-OH is 1. The zero-order valence-electron chi connectivity index (χ0n) is 19.1. The summed E-state index contributed by atoms with van der Waals surface area (Å²) in [5.74, 6) is -5.29. The van der Waals surface area contributed by atoms with Crippen LogP contribution in [0.3, 0.4) is 0 Å². The summed E-state index contributed by atoms with van der Waals surface area (Å²) in [5.41, 5.74) is 2.88. The van der Waals surface area contributed by atoms with E-state index in [0.717, 1.165) is 16.8 Å². The Labute approximate surface area is 200 Å². The van der Waals surface area contributed by atoms with Gasteiger partial charge in [0.1, 0.15) is 6.04 Å². The number of aliphatic hydroxyl groups is 1. The molecule has 1 aliphatic heterocycles. The summed E-state index contributed by atoms with van der Waals surface area (Å²) in [7, 11) is 1.64. The summed E-state index contributed by atoms with van der Waals surface area (Å²) in [4.78, 5) is 27.8. The minimum absolute atomic E-state index is 0.172. The van der Waals surface area contributed by atoms with Crippen LogP contribution in [0.15, 0.2) is 60.7 Å². The first kappa shape index (κ1) is 24.4. The third-order valence-corrected chi connectivity index (χ3v) is 6.09. The molecule has 35 heavy (non-hydrogen) atoms. The van der Waals surface area contributed by atoms with Crippen LogP contribution in [0.1, 0.15) is 30.2 Å². The maximum absolute atomic E-state index is 13.5. The quantitative estimate of drug-likeness (QED) is 0.468. The first-order chi connectivity index (χ1) is 16.7. The molecule has 182 valence electrons. The van der Waals surface area contributed by atoms with E-state index in [1.54, 1.807) is 19.2 Å². The summed E-state index contributed by atoms with van der Waals surface area (Å²) in [6.07, 6.45) is -1.39. The number of likely N-dealkylation sites (N-methyl/N-ethyl adjacent to an activating group) is 1. The molecule has 9 heteroatoms. The maximum Gasteiger partial charge on any atom is 0.253 e. The third kappa shape index (κ3) is 4.78. The minimum atomic E-state index is -1.62. The second-order valence-corrected chi connectivity index (χ2v) is 8.39. The molecule has 0 aromatic heterocycles. The topological polar surface area (TPSA) is 81.7 Å². The van der Waals surface area contributed by atoms with Crippen LogP contribution in [0.4, 0.5) is 18.9 Å². The second-order valence-electron chi connectivity index (χ2n) is 8.39. The van der Waals surface area contributed by atoms with Gasteiger partial charge in [0, 0.05) is 19.2 Å². The molecule has 0 aliphatic carbocycles. The fourth-order valence-corrected chi connectivity index (χ4v) is 4.11. The summed E-state index contributed by atoms with van der Waals surface area (Å²) in [6, 6.07) is 14.4. The maximum atomic E-state index is 13.5. The number of hydrogen-bond donors (Lipinski definition) is 3. The number of fused-ring (bicyclic) bond motifs is 3. The van der Waals surface area contributed by atoms with Gasteiger partial charge in [-0.2, -0.15) is 0 Å². The number of rotatable bonds is 6. The van der Waals surface area contributed by atoms with Crippen LogP contribution >= 0.6 is 0 Å². The molecular weight excluding hydrogens is 459 g/mol. The normalized spacial score (nSPS) is 16.7. The number of anilines is 1. The van der Waals surface area contributed by atoms with E-state index in [-0.39, 0.29) is 18.0 Å². The molecular formula is C26H24F3N3O3. The molecule has 2 amide bonds. The smallest absolute Gasteiger partial charge is 0.253 e. The number of amides is 2. The lowest BCUT2D eigenvalue weighted by Gasteiger charge is -2.25. The molecule has 0 fully saturated rings. The van der Waals surface area contributed by atoms with Crippen molar-refractivity contribution in [3.63, 3.8) is 0 Å². The van der Waals surface area contributed by atoms with Crippen LogP contribution in [0.2, 0.25) is 0 Å². The van der Waals surface area contributed by atoms with E-state index in [1.165, 1.54) is 11.8 Å². The molecule has 4 rings (SSSR count). The first-order valence-electron chi connectivity index (χ1n) is 11.0. The third-order valence-electron chi connectivity index (χ3n) is 6.09. The molecule has 3 atom stereocenters. The summed E-state index contributed by atoms with van der Waals surface area (Å²) in [5, 5.41) is 15.8. The summed E-state index contributed by atoms with van der Waals surface area (Å²) in [6.45, 7) is 1.29. The van der Waals surface area contributed by atoms with Gasteiger partial charge in [-0.05, 0) is 41.8 Å². The van der Waals surface area contributed by atoms with Gasteiger partial charge in [0.2, 0.25) is 5.91 Å². The van der Waals surface area contributed by atoms with Crippen molar-refractivity contribution >= 4 is 17.5 Å². The molecule has 0 bridgehead atoms. The predicted molar refractivity (Wildman–Crippen MR) is 125 cm³/mol. The molecule has 3 N–H and O–H groups in total. The molecule has 3 aromatic carbocycles. The molecule has 0 radical (unpaired) electrons. The van der Waals surface area contributed by atoms with Crippen molar-refractivity contribution in [3.8, 4) is 11.1 Å². The van der Waals surface area contributed by atoms with Crippen molar-refractivity contribution in [3.05, 3.63) is 89.2 Å². The van der Waals surface area contributed by atoms with Crippen LogP contribution in [0, 0.1) is 17.5 Å². The molecule has 3 aromatic rings. The highest BCUT2D eigenvalue weighted by molar-refractivity contribution is 6.06. The van der Waals surface area contributed by atoms with Gasteiger partial charge in [0.25, 0.3) is 5.91 Å². The largest absolute Gasteiger partial charge is 0.387 e. The van der Waals surface area contributed by atoms with Gasteiger partial charge >= 0.3 is 0 Å². The first-order valence-corrected chi connectivity index (χ1v) is 11.0. The Morgan fingerprint density at radius 2 is 1.63 bits per heavy atom. The van der Waals surface area contributed by atoms with E-state index >= 15 is 0 Å². The Morgan fingerprint density at radius 1 is 1.03 bits per heavy atom. The predicted octanol–water partition coefficient (Wildman–Crippen LogP) is 3.62. The molecule has 6 nitrogen and oxygen atoms in total. The molecule has 0 spiro atoms. The second kappa shape index (κ2) is 9.89. The van der Waals surface area contributed by atoms with Crippen molar-refractivity contribution in [2.45, 2.75) is 25.1 Å². The number of nitrogens with one attached hydrogen (secondary N) is 2. The van der Waals surface area contributed by atoms with Crippen molar-refractivity contribution in [2.24, 2.45) is 0 Å². The van der Waals surface area contributed by atoms with Crippen LogP contribution in [0.25, 0.3) is 11.1 Å². The summed E-state index contributed by atoms with van der Waals surface area (Å²) < 4.78 is 40.1. The van der Waals surface area contributed by atoms with Gasteiger partial charge in [-0.1, -0.05) is 42.5 Å². The van der Waals surface area contributed by atoms with Crippen molar-refractivity contribution < 1.29 is 27.9 Å². The number of carbonyl (C=O) groups is 2. The lowest BCUT2D eigenvalue weighted by Crippen LogP contribution is -2.48. The van der Waals surface area contributed by atoms with E-state index in [4.69, 9.17) is 0 Å². The minimum Gasteiger partial charge on any atom is -0.387 e. The fourth-order valence-electron chi connectivity index (χ4n) is 4.11. The highest BCUT2D eigenvalue weighted by Gasteiger charge is 2.34. The zero-order valence-corrected chi connectivity index (χ0v) is 19.1. The van der Waals surface area contributed by atoms with Crippen molar-refractivity contribution in [1.82, 2.24) is 10.6 Å². The van der Waals surface area contributed by atoms with Gasteiger partial charge in [-0.3, -0.25) is 9.59 Å². The van der Waals surface area contributed by atoms with Gasteiger partial charge in [0.15, 0.2) is 17.5 Å². The van der Waals surface area contributed by atoms with Gasteiger partial charge in [0.05, 0.1) is 17.8 Å². The Morgan fingerprint density at radius 3 is 2.31 bits per heavy atom. The number of benzene rings is 3. The average molecular weight is 483 g/mol. The highest BCUT2D eigenvalue weighted by atomic mass is 19.2. The highest BCUT2D eigenvalue weighted by Crippen LogP contribution is 2.39. The SMILES string of the molecule is CC(NCC(O)c1cc(F)c(F)c(F)c1)C(=O)NC1C(=O)N(C)c2ccccc2-c2ccccc21. The van der Waals surface area contributed by atoms with Gasteiger partial charge in [-0.25, -0.2) is 13.2 Å². The zero-order chi connectivity index (χ0) is 25.3. The van der Waals surface area contributed by atoms with Gasteiger partial charge in [-0.15, -0.1) is 0 Å². The Kier molecular flexibility index (Phi) is 6.90. The van der Waals surface area contributed by atoms with Crippen molar-refractivity contribution in [1.29, 1.82) is 0 Å². The molecule has 0 saturated carbocycles. The lowest BCUT2D eigenvalue weighted by atomic mass is 9.95. The van der Waals surface area contributed by atoms with E-state index in [2.05, 4.69) is 10.6 Å². The average Bonchev–Trinajstić information content (AvgIpc) is 2.95. The Balaban J connectivity index is 1.50. The van der Waals surface area contributed by atoms with Gasteiger partial charge < -0.3 is 20.6 Å². The molecule has 1 heterocycles. The molecule has 0 saturated heterocycles. The van der Waals surface area contributed by atoms with E-state index in [9.17, 15) is 27.9 Å². The number of para-hydroxylation sites is 1. The van der Waals surface area contributed by atoms with E-state index in [0.29, 0.717) is 17.7 Å². The number of nitrogens with zero attached hydrogens (tertiary/aromatic N) is 1. The monoisotopic (exact) mass is 483 g/mol. The number of hydrogen-bond acceptors (Lipinski definition) is 4. The number of halogens is 3. The Hall–Kier alpha value is -3.69. The van der Waals surface area contributed by atoms with E-state index in [1.807, 2.05) is 36.4 Å². The Bertz CT molecular complexity index is 1260. The number of carbonyl (C=O) groups excluding carboxylic acids is 2. The van der Waals surface area contributed by atoms with Crippen LogP contribution in [-0.2, 0) is 9.59 Å². The van der Waals surface area contributed by atoms with Crippen LogP contribution in [0.5, 0.6) is 0 Å². The lowest BCUT2D eigenvalue weighted by molar-refractivity contribution is -0.128.